The molecule has 1 heterocycles. The molecule has 1 aliphatic heterocycles. The van der Waals surface area contributed by atoms with Crippen molar-refractivity contribution in [3.63, 3.8) is 0 Å². The standard InChI is InChI=1S/C14H27NO.CH4/c1-10-8-11(12(16)13(2,3)4)15(9-10)14(5,6)7;/h10-11H,8-9H2,1-7H3;1H4. The predicted molar refractivity (Wildman–Crippen MR) is 75.2 cm³/mol. The van der Waals surface area contributed by atoms with Gasteiger partial charge in [-0.1, -0.05) is 35.1 Å². The van der Waals surface area contributed by atoms with Gasteiger partial charge in [0.2, 0.25) is 0 Å². The SMILES string of the molecule is C.CC1CC(C(=O)C(C)(C)C)N(C(C)(C)C)C1. The van der Waals surface area contributed by atoms with Crippen LogP contribution in [0.2, 0.25) is 0 Å². The summed E-state index contributed by atoms with van der Waals surface area (Å²) in [5.74, 6) is 1.03. The Hall–Kier alpha value is -0.370. The lowest BCUT2D eigenvalue weighted by atomic mass is 9.84. The Bertz CT molecular complexity index is 270. The van der Waals surface area contributed by atoms with E-state index in [0.29, 0.717) is 11.7 Å². The first kappa shape index (κ1) is 16.6. The number of hydrogen-bond donors (Lipinski definition) is 0. The first-order valence-electron chi connectivity index (χ1n) is 6.34. The smallest absolute Gasteiger partial charge is 0.155 e. The zero-order valence-electron chi connectivity index (χ0n) is 11.9. The molecule has 0 bridgehead atoms. The van der Waals surface area contributed by atoms with Crippen LogP contribution in [-0.4, -0.2) is 28.8 Å². The predicted octanol–water partition coefficient (Wildman–Crippen LogP) is 3.75. The quantitative estimate of drug-likeness (QED) is 0.697. The highest BCUT2D eigenvalue weighted by molar-refractivity contribution is 5.89. The van der Waals surface area contributed by atoms with Gasteiger partial charge in [0.1, 0.15) is 0 Å². The molecule has 2 heteroatoms. The first-order chi connectivity index (χ1) is 7.03. The molecular formula is C15H31NO. The lowest BCUT2D eigenvalue weighted by Gasteiger charge is -2.38. The summed E-state index contributed by atoms with van der Waals surface area (Å²) in [6.45, 7) is 16.0. The Morgan fingerprint density at radius 3 is 1.94 bits per heavy atom. The van der Waals surface area contributed by atoms with E-state index in [4.69, 9.17) is 0 Å². The summed E-state index contributed by atoms with van der Waals surface area (Å²) in [5.41, 5.74) is -0.130. The van der Waals surface area contributed by atoms with E-state index >= 15 is 0 Å². The van der Waals surface area contributed by atoms with E-state index in [9.17, 15) is 4.79 Å². The molecule has 102 valence electrons. The van der Waals surface area contributed by atoms with E-state index in [1.807, 2.05) is 20.8 Å². The molecule has 1 fully saturated rings. The minimum absolute atomic E-state index is 0. The molecule has 2 unspecified atom stereocenters. The van der Waals surface area contributed by atoms with Crippen LogP contribution < -0.4 is 0 Å². The van der Waals surface area contributed by atoms with Crippen molar-refractivity contribution in [2.24, 2.45) is 11.3 Å². The minimum atomic E-state index is -0.224. The van der Waals surface area contributed by atoms with Crippen LogP contribution >= 0.6 is 0 Å². The number of hydrogen-bond acceptors (Lipinski definition) is 2. The van der Waals surface area contributed by atoms with Crippen LogP contribution in [0, 0.1) is 11.3 Å². The molecule has 1 rings (SSSR count). The molecule has 17 heavy (non-hydrogen) atoms. The second kappa shape index (κ2) is 5.09. The Balaban J connectivity index is 0.00000256. The van der Waals surface area contributed by atoms with E-state index in [1.165, 1.54) is 0 Å². The summed E-state index contributed by atoms with van der Waals surface area (Å²) in [6, 6.07) is 0.120. The van der Waals surface area contributed by atoms with Crippen molar-refractivity contribution < 1.29 is 4.79 Å². The van der Waals surface area contributed by atoms with Gasteiger partial charge in [-0.2, -0.15) is 0 Å². The number of rotatable bonds is 1. The van der Waals surface area contributed by atoms with Gasteiger partial charge in [-0.15, -0.1) is 0 Å². The van der Waals surface area contributed by atoms with Crippen molar-refractivity contribution in [1.82, 2.24) is 4.90 Å². The molecule has 0 amide bonds. The summed E-state index contributed by atoms with van der Waals surface area (Å²) in [7, 11) is 0. The van der Waals surface area contributed by atoms with Crippen molar-refractivity contribution in [2.75, 3.05) is 6.54 Å². The average molecular weight is 241 g/mol. The second-order valence-corrected chi connectivity index (χ2v) is 7.29. The van der Waals surface area contributed by atoms with E-state index in [2.05, 4.69) is 32.6 Å². The molecule has 1 saturated heterocycles. The van der Waals surface area contributed by atoms with E-state index in [-0.39, 0.29) is 24.4 Å². The zero-order valence-corrected chi connectivity index (χ0v) is 11.9. The number of likely N-dealkylation sites (tertiary alicyclic amines) is 1. The van der Waals surface area contributed by atoms with Crippen LogP contribution in [0.1, 0.15) is 62.3 Å². The molecule has 2 nitrogen and oxygen atoms in total. The molecular weight excluding hydrogens is 210 g/mol. The molecule has 0 aromatic heterocycles. The summed E-state index contributed by atoms with van der Waals surface area (Å²) in [5, 5.41) is 0. The fraction of sp³-hybridized carbons (Fsp3) is 0.933. The summed E-state index contributed by atoms with van der Waals surface area (Å²) >= 11 is 0. The Morgan fingerprint density at radius 1 is 1.12 bits per heavy atom. The number of ketones is 1. The van der Waals surface area contributed by atoms with Gasteiger partial charge >= 0.3 is 0 Å². The van der Waals surface area contributed by atoms with Gasteiger partial charge in [-0.05, 0) is 33.1 Å². The number of Topliss-reactive ketones (excluding diaryl/α,β-unsaturated/α-hetero) is 1. The summed E-state index contributed by atoms with van der Waals surface area (Å²) in [4.78, 5) is 14.8. The van der Waals surface area contributed by atoms with Crippen LogP contribution in [0.3, 0.4) is 0 Å². The topological polar surface area (TPSA) is 20.3 Å². The zero-order chi connectivity index (χ0) is 12.7. The summed E-state index contributed by atoms with van der Waals surface area (Å²) in [6.07, 6.45) is 1.02. The van der Waals surface area contributed by atoms with Gasteiger partial charge in [-0.3, -0.25) is 9.69 Å². The molecule has 0 spiro atoms. The van der Waals surface area contributed by atoms with Crippen LogP contribution in [0.4, 0.5) is 0 Å². The number of carbonyl (C=O) groups excluding carboxylic acids is 1. The fourth-order valence-corrected chi connectivity index (χ4v) is 2.54. The number of carbonyl (C=O) groups is 1. The Labute approximate surface area is 108 Å². The third-order valence-corrected chi connectivity index (χ3v) is 3.41. The van der Waals surface area contributed by atoms with Gasteiger partial charge < -0.3 is 0 Å². The second-order valence-electron chi connectivity index (χ2n) is 7.29. The fourth-order valence-electron chi connectivity index (χ4n) is 2.54. The molecule has 0 aliphatic carbocycles. The molecule has 1 aliphatic rings. The molecule has 0 aromatic carbocycles. The Morgan fingerprint density at radius 2 is 1.59 bits per heavy atom. The molecule has 0 N–H and O–H groups in total. The highest BCUT2D eigenvalue weighted by Gasteiger charge is 2.43. The van der Waals surface area contributed by atoms with Gasteiger partial charge in [0.05, 0.1) is 6.04 Å². The highest BCUT2D eigenvalue weighted by atomic mass is 16.1. The highest BCUT2D eigenvalue weighted by Crippen LogP contribution is 2.34. The maximum Gasteiger partial charge on any atom is 0.155 e. The number of nitrogens with zero attached hydrogens (tertiary/aromatic N) is 1. The van der Waals surface area contributed by atoms with Crippen molar-refractivity contribution in [3.05, 3.63) is 0 Å². The third-order valence-electron chi connectivity index (χ3n) is 3.41. The minimum Gasteiger partial charge on any atom is -0.297 e. The van der Waals surface area contributed by atoms with E-state index < -0.39 is 0 Å². The van der Waals surface area contributed by atoms with Crippen molar-refractivity contribution in [3.8, 4) is 0 Å². The van der Waals surface area contributed by atoms with Gasteiger partial charge in [0.15, 0.2) is 5.78 Å². The monoisotopic (exact) mass is 241 g/mol. The lowest BCUT2D eigenvalue weighted by molar-refractivity contribution is -0.132. The average Bonchev–Trinajstić information content (AvgIpc) is 2.43. The lowest BCUT2D eigenvalue weighted by Crippen LogP contribution is -2.50. The maximum atomic E-state index is 12.4. The van der Waals surface area contributed by atoms with Crippen molar-refractivity contribution in [1.29, 1.82) is 0 Å². The van der Waals surface area contributed by atoms with Gasteiger partial charge in [0.25, 0.3) is 0 Å². The first-order valence-corrected chi connectivity index (χ1v) is 6.34. The maximum absolute atomic E-state index is 12.4. The van der Waals surface area contributed by atoms with E-state index in [1.54, 1.807) is 0 Å². The van der Waals surface area contributed by atoms with Crippen LogP contribution in [0.5, 0.6) is 0 Å². The van der Waals surface area contributed by atoms with Crippen LogP contribution in [-0.2, 0) is 4.79 Å². The van der Waals surface area contributed by atoms with Crippen LogP contribution in [0.15, 0.2) is 0 Å². The molecule has 2 atom stereocenters. The van der Waals surface area contributed by atoms with Crippen molar-refractivity contribution >= 4 is 5.78 Å². The normalized spacial score (nSPS) is 26.8. The van der Waals surface area contributed by atoms with Gasteiger partial charge in [-0.25, -0.2) is 0 Å². The molecule has 0 saturated carbocycles. The summed E-state index contributed by atoms with van der Waals surface area (Å²) < 4.78 is 0. The van der Waals surface area contributed by atoms with E-state index in [0.717, 1.165) is 13.0 Å². The largest absolute Gasteiger partial charge is 0.297 e. The molecule has 0 aromatic rings. The van der Waals surface area contributed by atoms with Gasteiger partial charge in [0, 0.05) is 17.5 Å². The van der Waals surface area contributed by atoms with Crippen LogP contribution in [0.25, 0.3) is 0 Å². The third kappa shape index (κ3) is 3.80. The molecule has 0 radical (unpaired) electrons. The Kier molecular flexibility index (Phi) is 4.98. The van der Waals surface area contributed by atoms with Crippen molar-refractivity contribution in [2.45, 2.75) is 73.9 Å².